The van der Waals surface area contributed by atoms with Gasteiger partial charge in [0.25, 0.3) is 17.5 Å². The number of methoxy groups -OCH3 is 1. The number of nitro benzene ring substituents is 1. The first-order valence-electron chi connectivity index (χ1n) is 12.2. The number of hydrazone groups is 1. The number of ether oxygens (including phenoxy) is 2. The summed E-state index contributed by atoms with van der Waals surface area (Å²) in [5.74, 6) is 0.604. The number of hydrogen-bond donors (Lipinski definition) is 1. The van der Waals surface area contributed by atoms with E-state index in [1.807, 2.05) is 29.2 Å². The third kappa shape index (κ3) is 6.73. The highest BCUT2D eigenvalue weighted by molar-refractivity contribution is 5.95. The van der Waals surface area contributed by atoms with Gasteiger partial charge in [0.05, 0.1) is 18.2 Å². The highest BCUT2D eigenvalue weighted by Crippen LogP contribution is 2.28. The smallest absolute Gasteiger partial charge is 0.271 e. The summed E-state index contributed by atoms with van der Waals surface area (Å²) < 4.78 is 11.4. The van der Waals surface area contributed by atoms with Crippen LogP contribution in [-0.4, -0.2) is 48.1 Å². The van der Waals surface area contributed by atoms with Crippen LogP contribution in [0.1, 0.15) is 51.1 Å². The molecule has 38 heavy (non-hydrogen) atoms. The first-order valence-corrected chi connectivity index (χ1v) is 12.2. The summed E-state index contributed by atoms with van der Waals surface area (Å²) in [7, 11) is 1.53. The van der Waals surface area contributed by atoms with Crippen molar-refractivity contribution in [2.75, 3.05) is 20.2 Å². The Morgan fingerprint density at radius 3 is 2.32 bits per heavy atom. The Kier molecular flexibility index (Phi) is 8.65. The molecule has 0 spiro atoms. The zero-order valence-corrected chi connectivity index (χ0v) is 21.0. The van der Waals surface area contributed by atoms with E-state index in [1.54, 1.807) is 18.2 Å². The average molecular weight is 517 g/mol. The standard InChI is InChI=1S/C28H28N4O6/c1-37-26-17-21(18-29-30-27(33)22-10-12-24(13-11-22)32(35)36)7-14-25(26)38-19-20-5-8-23(9-6-20)28(34)31-15-3-2-4-16-31/h5-14,17-18H,2-4,15-16,19H2,1H3,(H,30,33)/b29-18-. The molecule has 1 fully saturated rings. The van der Waals surface area contributed by atoms with Gasteiger partial charge in [-0.2, -0.15) is 5.10 Å². The number of nitro groups is 1. The number of benzene rings is 3. The fourth-order valence-corrected chi connectivity index (χ4v) is 4.03. The van der Waals surface area contributed by atoms with E-state index in [0.717, 1.165) is 31.5 Å². The van der Waals surface area contributed by atoms with E-state index in [-0.39, 0.29) is 17.2 Å². The van der Waals surface area contributed by atoms with Crippen molar-refractivity contribution >= 4 is 23.7 Å². The van der Waals surface area contributed by atoms with E-state index in [1.165, 1.54) is 44.0 Å². The summed E-state index contributed by atoms with van der Waals surface area (Å²) in [6.45, 7) is 1.93. The van der Waals surface area contributed by atoms with Gasteiger partial charge in [0.15, 0.2) is 11.5 Å². The van der Waals surface area contributed by atoms with Gasteiger partial charge in [-0.15, -0.1) is 0 Å². The zero-order chi connectivity index (χ0) is 26.9. The number of carbonyl (C=O) groups excluding carboxylic acids is 2. The number of likely N-dealkylation sites (tertiary alicyclic amines) is 1. The molecule has 3 aromatic carbocycles. The lowest BCUT2D eigenvalue weighted by Gasteiger charge is -2.26. The van der Waals surface area contributed by atoms with E-state index in [2.05, 4.69) is 10.5 Å². The summed E-state index contributed by atoms with van der Waals surface area (Å²) in [6, 6.07) is 17.9. The normalized spacial score (nSPS) is 13.2. The van der Waals surface area contributed by atoms with Crippen LogP contribution >= 0.6 is 0 Å². The van der Waals surface area contributed by atoms with Crippen molar-refractivity contribution in [3.63, 3.8) is 0 Å². The van der Waals surface area contributed by atoms with E-state index < -0.39 is 10.8 Å². The minimum Gasteiger partial charge on any atom is -0.493 e. The molecule has 196 valence electrons. The lowest BCUT2D eigenvalue weighted by Crippen LogP contribution is -2.35. The maximum Gasteiger partial charge on any atom is 0.271 e. The largest absolute Gasteiger partial charge is 0.493 e. The van der Waals surface area contributed by atoms with Crippen LogP contribution in [0.4, 0.5) is 5.69 Å². The van der Waals surface area contributed by atoms with Crippen LogP contribution in [0.15, 0.2) is 71.8 Å². The molecule has 1 N–H and O–H groups in total. The van der Waals surface area contributed by atoms with Gasteiger partial charge < -0.3 is 14.4 Å². The Hall–Kier alpha value is -4.73. The first kappa shape index (κ1) is 26.3. The van der Waals surface area contributed by atoms with Crippen LogP contribution in [0.3, 0.4) is 0 Å². The Morgan fingerprint density at radius 1 is 0.974 bits per heavy atom. The van der Waals surface area contributed by atoms with Gasteiger partial charge in [0.2, 0.25) is 0 Å². The molecular weight excluding hydrogens is 488 g/mol. The third-order valence-corrected chi connectivity index (χ3v) is 6.15. The molecule has 0 aliphatic carbocycles. The molecule has 0 saturated carbocycles. The fraction of sp³-hybridized carbons (Fsp3) is 0.250. The SMILES string of the molecule is COc1cc(/C=N\NC(=O)c2ccc([N+](=O)[O-])cc2)ccc1OCc1ccc(C(=O)N2CCCCC2)cc1. The molecule has 0 unspecified atom stereocenters. The minimum atomic E-state index is -0.532. The Bertz CT molecular complexity index is 1320. The molecule has 1 saturated heterocycles. The van der Waals surface area contributed by atoms with Crippen LogP contribution in [0, 0.1) is 10.1 Å². The number of rotatable bonds is 9. The molecule has 1 aliphatic rings. The summed E-state index contributed by atoms with van der Waals surface area (Å²) in [6.07, 6.45) is 4.74. The number of non-ortho nitro benzene ring substituents is 1. The molecule has 3 aromatic rings. The van der Waals surface area contributed by atoms with Crippen LogP contribution in [0.2, 0.25) is 0 Å². The van der Waals surface area contributed by atoms with Gasteiger partial charge in [-0.3, -0.25) is 19.7 Å². The van der Waals surface area contributed by atoms with E-state index in [4.69, 9.17) is 9.47 Å². The quantitative estimate of drug-likeness (QED) is 0.252. The summed E-state index contributed by atoms with van der Waals surface area (Å²) in [5.41, 5.74) is 4.80. The van der Waals surface area contributed by atoms with Crippen molar-refractivity contribution in [1.82, 2.24) is 10.3 Å². The molecule has 1 heterocycles. The zero-order valence-electron chi connectivity index (χ0n) is 21.0. The van der Waals surface area contributed by atoms with Crippen molar-refractivity contribution in [2.24, 2.45) is 5.10 Å². The number of piperidine rings is 1. The monoisotopic (exact) mass is 516 g/mol. The minimum absolute atomic E-state index is 0.0695. The number of amides is 2. The molecule has 0 atom stereocenters. The molecule has 4 rings (SSSR count). The molecule has 2 amide bonds. The lowest BCUT2D eigenvalue weighted by molar-refractivity contribution is -0.384. The second-order valence-corrected chi connectivity index (χ2v) is 8.75. The van der Waals surface area contributed by atoms with Crippen LogP contribution in [0.5, 0.6) is 11.5 Å². The molecule has 0 bridgehead atoms. The van der Waals surface area contributed by atoms with E-state index in [9.17, 15) is 19.7 Å². The van der Waals surface area contributed by atoms with Gasteiger partial charge in [0.1, 0.15) is 6.61 Å². The Labute approximate surface area is 220 Å². The van der Waals surface area contributed by atoms with Gasteiger partial charge in [-0.1, -0.05) is 12.1 Å². The van der Waals surface area contributed by atoms with Crippen molar-refractivity contribution in [3.05, 3.63) is 99.1 Å². The highest BCUT2D eigenvalue weighted by atomic mass is 16.6. The fourth-order valence-electron chi connectivity index (χ4n) is 4.03. The predicted molar refractivity (Wildman–Crippen MR) is 142 cm³/mol. The first-order chi connectivity index (χ1) is 18.4. The maximum absolute atomic E-state index is 12.6. The number of carbonyl (C=O) groups is 2. The van der Waals surface area contributed by atoms with Crippen molar-refractivity contribution < 1.29 is 24.0 Å². The van der Waals surface area contributed by atoms with Crippen molar-refractivity contribution in [2.45, 2.75) is 25.9 Å². The Balaban J connectivity index is 1.32. The summed E-state index contributed by atoms with van der Waals surface area (Å²) >= 11 is 0. The number of hydrogen-bond acceptors (Lipinski definition) is 7. The van der Waals surface area contributed by atoms with Crippen LogP contribution in [-0.2, 0) is 6.61 Å². The second-order valence-electron chi connectivity index (χ2n) is 8.75. The van der Waals surface area contributed by atoms with E-state index in [0.29, 0.717) is 29.2 Å². The van der Waals surface area contributed by atoms with E-state index >= 15 is 0 Å². The molecular formula is C28H28N4O6. The lowest BCUT2D eigenvalue weighted by atomic mass is 10.1. The number of nitrogens with zero attached hydrogens (tertiary/aromatic N) is 3. The second kappa shape index (κ2) is 12.5. The molecule has 1 aliphatic heterocycles. The van der Waals surface area contributed by atoms with Crippen LogP contribution in [0.25, 0.3) is 0 Å². The van der Waals surface area contributed by atoms with Gasteiger partial charge >= 0.3 is 0 Å². The average Bonchev–Trinajstić information content (AvgIpc) is 2.96. The summed E-state index contributed by atoms with van der Waals surface area (Å²) in [4.78, 5) is 36.9. The number of nitrogens with one attached hydrogen (secondary N) is 1. The Morgan fingerprint density at radius 2 is 1.66 bits per heavy atom. The van der Waals surface area contributed by atoms with Gasteiger partial charge in [-0.25, -0.2) is 5.43 Å². The van der Waals surface area contributed by atoms with Crippen LogP contribution < -0.4 is 14.9 Å². The molecule has 10 nitrogen and oxygen atoms in total. The van der Waals surface area contributed by atoms with Crippen molar-refractivity contribution in [1.29, 1.82) is 0 Å². The van der Waals surface area contributed by atoms with Crippen molar-refractivity contribution in [3.8, 4) is 11.5 Å². The molecule has 10 heteroatoms. The molecule has 0 aromatic heterocycles. The van der Waals surface area contributed by atoms with Gasteiger partial charge in [0, 0.05) is 36.3 Å². The maximum atomic E-state index is 12.6. The molecule has 0 radical (unpaired) electrons. The third-order valence-electron chi connectivity index (χ3n) is 6.15. The summed E-state index contributed by atoms with van der Waals surface area (Å²) in [5, 5.41) is 14.7. The van der Waals surface area contributed by atoms with Gasteiger partial charge in [-0.05, 0) is 72.9 Å². The topological polar surface area (TPSA) is 123 Å². The highest BCUT2D eigenvalue weighted by Gasteiger charge is 2.18. The predicted octanol–water partition coefficient (Wildman–Crippen LogP) is 4.57.